The fraction of sp³-hybridized carbons (Fsp3) is 0.174. The third-order valence-electron chi connectivity index (χ3n) is 5.28. The van der Waals surface area contributed by atoms with Gasteiger partial charge in [-0.3, -0.25) is 20.7 Å². The lowest BCUT2D eigenvalue weighted by Crippen LogP contribution is -2.38. The molecule has 0 spiro atoms. The summed E-state index contributed by atoms with van der Waals surface area (Å²) in [5.41, 5.74) is 10.3. The Hall–Kier alpha value is -4.25. The molecule has 1 aliphatic heterocycles. The topological polar surface area (TPSA) is 130 Å². The van der Waals surface area contributed by atoms with E-state index in [1.807, 2.05) is 37.3 Å². The summed E-state index contributed by atoms with van der Waals surface area (Å²) in [4.78, 5) is 12.3. The van der Waals surface area contributed by atoms with Gasteiger partial charge >= 0.3 is 0 Å². The summed E-state index contributed by atoms with van der Waals surface area (Å²) in [6.07, 6.45) is 3.15. The van der Waals surface area contributed by atoms with E-state index in [4.69, 9.17) is 21.8 Å². The summed E-state index contributed by atoms with van der Waals surface area (Å²) >= 11 is 0. The van der Waals surface area contributed by atoms with Gasteiger partial charge in [0.05, 0.1) is 41.1 Å². The van der Waals surface area contributed by atoms with Crippen LogP contribution in [0.1, 0.15) is 19.4 Å². The number of aromatic nitrogens is 2. The molecule has 2 heterocycles. The quantitative estimate of drug-likeness (QED) is 0.429. The molecule has 2 aromatic carbocycles. The molecule has 1 aliphatic rings. The zero-order chi connectivity index (χ0) is 22.1. The first-order valence-electron chi connectivity index (χ1n) is 9.82. The Labute approximate surface area is 180 Å². The first-order valence-corrected chi connectivity index (χ1v) is 9.82. The first kappa shape index (κ1) is 20.0. The molecular weight excluding hydrogens is 388 g/mol. The van der Waals surface area contributed by atoms with Gasteiger partial charge in [0.25, 0.3) is 0 Å². The summed E-state index contributed by atoms with van der Waals surface area (Å²) in [6, 6.07) is 15.3. The van der Waals surface area contributed by atoms with Crippen molar-refractivity contribution in [3.8, 4) is 17.3 Å². The van der Waals surface area contributed by atoms with Crippen molar-refractivity contribution in [2.45, 2.75) is 13.8 Å². The van der Waals surface area contributed by atoms with Crippen LogP contribution in [0.4, 0.5) is 22.9 Å². The van der Waals surface area contributed by atoms with Crippen LogP contribution in [0, 0.1) is 28.1 Å². The minimum Gasteiger partial charge on any atom is -0.382 e. The van der Waals surface area contributed by atoms with E-state index in [9.17, 15) is 0 Å². The number of amidine groups is 2. The van der Waals surface area contributed by atoms with Crippen LogP contribution in [0.2, 0.25) is 0 Å². The second-order valence-electron chi connectivity index (χ2n) is 7.51. The number of nitrogens with one attached hydrogen (secondary N) is 2. The van der Waals surface area contributed by atoms with Crippen molar-refractivity contribution >= 4 is 34.6 Å². The molecule has 154 valence electrons. The molecule has 4 N–H and O–H groups in total. The number of nitriles is 1. The van der Waals surface area contributed by atoms with E-state index in [0.29, 0.717) is 29.5 Å². The standard InChI is InChI=1S/C23H22N8/c1-14-13-30(18-6-3-16(10-24)4-7-18)21-9-17(19-11-29-22(26)12-28-19)5-8-20(21)31(15(2)25)23(14)27/h3-9,11-12,14,25,27H,13H2,1-2H3,(H2,26,29). The molecule has 0 aliphatic carbocycles. The van der Waals surface area contributed by atoms with Gasteiger partial charge in [0.1, 0.15) is 17.5 Å². The summed E-state index contributed by atoms with van der Waals surface area (Å²) in [7, 11) is 0. The van der Waals surface area contributed by atoms with E-state index in [-0.39, 0.29) is 11.8 Å². The Morgan fingerprint density at radius 1 is 1.13 bits per heavy atom. The lowest BCUT2D eigenvalue weighted by atomic mass is 10.1. The summed E-state index contributed by atoms with van der Waals surface area (Å²) in [6.45, 7) is 4.22. The van der Waals surface area contributed by atoms with E-state index in [1.54, 1.807) is 30.2 Å². The second kappa shape index (κ2) is 7.88. The number of rotatable bonds is 2. The Balaban J connectivity index is 1.92. The highest BCUT2D eigenvalue weighted by Crippen LogP contribution is 2.41. The highest BCUT2D eigenvalue weighted by atomic mass is 15.3. The fourth-order valence-electron chi connectivity index (χ4n) is 3.71. The van der Waals surface area contributed by atoms with Crippen LogP contribution in [0.25, 0.3) is 11.3 Å². The maximum absolute atomic E-state index is 9.15. The van der Waals surface area contributed by atoms with E-state index >= 15 is 0 Å². The van der Waals surface area contributed by atoms with Gasteiger partial charge in [0, 0.05) is 23.7 Å². The van der Waals surface area contributed by atoms with Gasteiger partial charge in [-0.1, -0.05) is 13.0 Å². The molecule has 3 aromatic rings. The van der Waals surface area contributed by atoms with Crippen molar-refractivity contribution in [3.05, 3.63) is 60.4 Å². The normalized spacial score (nSPS) is 15.8. The van der Waals surface area contributed by atoms with Gasteiger partial charge in [-0.05, 0) is 43.3 Å². The zero-order valence-corrected chi connectivity index (χ0v) is 17.3. The Morgan fingerprint density at radius 2 is 1.87 bits per heavy atom. The summed E-state index contributed by atoms with van der Waals surface area (Å²) in [5, 5.41) is 26.1. The van der Waals surface area contributed by atoms with Crippen molar-refractivity contribution in [2.75, 3.05) is 22.1 Å². The van der Waals surface area contributed by atoms with Crippen molar-refractivity contribution in [1.29, 1.82) is 16.1 Å². The maximum Gasteiger partial charge on any atom is 0.141 e. The number of nitrogens with zero attached hydrogens (tertiary/aromatic N) is 5. The zero-order valence-electron chi connectivity index (χ0n) is 17.3. The molecule has 0 saturated carbocycles. The van der Waals surface area contributed by atoms with Crippen LogP contribution in [0.15, 0.2) is 54.9 Å². The number of hydrogen-bond acceptors (Lipinski definition) is 7. The molecule has 1 unspecified atom stereocenters. The predicted octanol–water partition coefficient (Wildman–Crippen LogP) is 4.17. The van der Waals surface area contributed by atoms with Crippen LogP contribution < -0.4 is 15.5 Å². The average Bonchev–Trinajstić information content (AvgIpc) is 2.88. The molecular formula is C23H22N8. The van der Waals surface area contributed by atoms with Crippen molar-refractivity contribution < 1.29 is 0 Å². The minimum absolute atomic E-state index is 0.122. The molecule has 0 amide bonds. The van der Waals surface area contributed by atoms with Gasteiger partial charge in [-0.2, -0.15) is 5.26 Å². The van der Waals surface area contributed by atoms with E-state index in [1.165, 1.54) is 6.20 Å². The SMILES string of the molecule is CC(=N)N1C(=N)C(C)CN(c2ccc(C#N)cc2)c2cc(-c3cnc(N)cn3)ccc21. The summed E-state index contributed by atoms with van der Waals surface area (Å²) in [5.74, 6) is 0.874. The number of hydrogen-bond donors (Lipinski definition) is 3. The molecule has 31 heavy (non-hydrogen) atoms. The maximum atomic E-state index is 9.15. The molecule has 1 atom stereocenters. The van der Waals surface area contributed by atoms with E-state index in [2.05, 4.69) is 20.9 Å². The Morgan fingerprint density at radius 3 is 2.48 bits per heavy atom. The number of nitrogens with two attached hydrogens (primary N) is 1. The van der Waals surface area contributed by atoms with Gasteiger partial charge in [0.15, 0.2) is 0 Å². The highest BCUT2D eigenvalue weighted by molar-refractivity contribution is 6.19. The van der Waals surface area contributed by atoms with Crippen LogP contribution in [0.5, 0.6) is 0 Å². The number of anilines is 4. The monoisotopic (exact) mass is 410 g/mol. The van der Waals surface area contributed by atoms with Crippen molar-refractivity contribution in [3.63, 3.8) is 0 Å². The third-order valence-corrected chi connectivity index (χ3v) is 5.28. The van der Waals surface area contributed by atoms with E-state index < -0.39 is 0 Å². The lowest BCUT2D eigenvalue weighted by Gasteiger charge is -2.27. The van der Waals surface area contributed by atoms with Gasteiger partial charge in [-0.15, -0.1) is 0 Å². The van der Waals surface area contributed by atoms with Crippen LogP contribution in [-0.4, -0.2) is 28.2 Å². The van der Waals surface area contributed by atoms with E-state index in [0.717, 1.165) is 22.6 Å². The number of benzene rings is 2. The molecule has 8 heteroatoms. The van der Waals surface area contributed by atoms with Crippen molar-refractivity contribution in [1.82, 2.24) is 9.97 Å². The van der Waals surface area contributed by atoms with Crippen LogP contribution in [-0.2, 0) is 0 Å². The predicted molar refractivity (Wildman–Crippen MR) is 123 cm³/mol. The molecule has 0 radical (unpaired) electrons. The summed E-state index contributed by atoms with van der Waals surface area (Å²) < 4.78 is 0. The largest absolute Gasteiger partial charge is 0.382 e. The lowest BCUT2D eigenvalue weighted by molar-refractivity contribution is 0.757. The highest BCUT2D eigenvalue weighted by Gasteiger charge is 2.31. The molecule has 4 rings (SSSR count). The van der Waals surface area contributed by atoms with Gasteiger partial charge < -0.3 is 10.6 Å². The van der Waals surface area contributed by atoms with Gasteiger partial charge in [0.2, 0.25) is 0 Å². The van der Waals surface area contributed by atoms with Crippen LogP contribution >= 0.6 is 0 Å². The van der Waals surface area contributed by atoms with Crippen LogP contribution in [0.3, 0.4) is 0 Å². The number of fused-ring (bicyclic) bond motifs is 1. The van der Waals surface area contributed by atoms with Crippen molar-refractivity contribution in [2.24, 2.45) is 5.92 Å². The molecule has 0 fully saturated rings. The number of nitrogen functional groups attached to an aromatic ring is 1. The molecule has 0 bridgehead atoms. The van der Waals surface area contributed by atoms with Gasteiger partial charge in [-0.25, -0.2) is 4.98 Å². The minimum atomic E-state index is -0.122. The first-order chi connectivity index (χ1) is 14.9. The Bertz CT molecular complexity index is 1190. The molecule has 8 nitrogen and oxygen atoms in total. The smallest absolute Gasteiger partial charge is 0.141 e. The molecule has 0 saturated heterocycles. The second-order valence-corrected chi connectivity index (χ2v) is 7.51. The molecule has 1 aromatic heterocycles. The fourth-order valence-corrected chi connectivity index (χ4v) is 3.71. The Kier molecular flexibility index (Phi) is 5.09. The third kappa shape index (κ3) is 3.69. The average molecular weight is 410 g/mol.